The number of nitrogens with one attached hydrogen (secondary N) is 1. The van der Waals surface area contributed by atoms with Crippen molar-refractivity contribution in [2.24, 2.45) is 11.8 Å². The number of alkyl halides is 6. The van der Waals surface area contributed by atoms with Crippen LogP contribution in [0, 0.1) is 11.8 Å². The van der Waals surface area contributed by atoms with Gasteiger partial charge in [0.05, 0.1) is 5.56 Å². The van der Waals surface area contributed by atoms with E-state index in [2.05, 4.69) is 10.3 Å². The van der Waals surface area contributed by atoms with Crippen molar-refractivity contribution in [1.29, 1.82) is 0 Å². The third-order valence-corrected chi connectivity index (χ3v) is 8.29. The Morgan fingerprint density at radius 2 is 1.56 bits per heavy atom. The molecule has 1 aromatic carbocycles. The highest BCUT2D eigenvalue weighted by atomic mass is 19.4. The third kappa shape index (κ3) is 5.17. The Balaban J connectivity index is 1.19. The Labute approximate surface area is 221 Å². The molecule has 0 amide bonds. The molecule has 3 atom stereocenters. The van der Waals surface area contributed by atoms with Gasteiger partial charge in [-0.05, 0) is 67.3 Å². The molecule has 6 rings (SSSR count). The lowest BCUT2D eigenvalue weighted by Gasteiger charge is -2.39. The molecule has 2 fully saturated rings. The van der Waals surface area contributed by atoms with Gasteiger partial charge in [-0.15, -0.1) is 5.10 Å². The van der Waals surface area contributed by atoms with Crippen LogP contribution in [-0.2, 0) is 18.9 Å². The fourth-order valence-electron chi connectivity index (χ4n) is 6.39. The monoisotopic (exact) mass is 550 g/mol. The van der Waals surface area contributed by atoms with E-state index in [-0.39, 0.29) is 23.8 Å². The summed E-state index contributed by atoms with van der Waals surface area (Å²) >= 11 is 0. The van der Waals surface area contributed by atoms with Crippen LogP contribution in [0.3, 0.4) is 0 Å². The number of hydrogen-bond donors (Lipinski definition) is 1. The molecule has 12 heteroatoms. The first-order valence-corrected chi connectivity index (χ1v) is 13.2. The molecule has 3 aromatic rings. The molecule has 2 bridgehead atoms. The van der Waals surface area contributed by atoms with E-state index in [4.69, 9.17) is 10.1 Å². The van der Waals surface area contributed by atoms with E-state index in [1.165, 1.54) is 18.3 Å². The minimum Gasteiger partial charge on any atom is -0.371 e. The number of aryl methyl sites for hydroxylation is 1. The second-order valence-electron chi connectivity index (χ2n) is 10.8. The molecule has 1 unspecified atom stereocenters. The molecule has 2 aromatic heterocycles. The first-order chi connectivity index (χ1) is 18.6. The minimum absolute atomic E-state index is 0.0985. The zero-order valence-electron chi connectivity index (χ0n) is 21.0. The van der Waals surface area contributed by atoms with E-state index >= 15 is 0 Å². The highest BCUT2D eigenvalue weighted by molar-refractivity contribution is 5.49. The van der Waals surface area contributed by atoms with E-state index in [9.17, 15) is 26.3 Å². The van der Waals surface area contributed by atoms with Gasteiger partial charge in [0.25, 0.3) is 0 Å². The van der Waals surface area contributed by atoms with Crippen molar-refractivity contribution in [1.82, 2.24) is 19.7 Å². The Kier molecular flexibility index (Phi) is 6.46. The summed E-state index contributed by atoms with van der Waals surface area (Å²) < 4.78 is 80.6. The Morgan fingerprint density at radius 3 is 2.23 bits per heavy atom. The lowest BCUT2D eigenvalue weighted by atomic mass is 9.91. The van der Waals surface area contributed by atoms with Crippen molar-refractivity contribution >= 4 is 11.6 Å². The second kappa shape index (κ2) is 9.71. The quantitative estimate of drug-likeness (QED) is 0.384. The van der Waals surface area contributed by atoms with E-state index in [1.54, 1.807) is 6.07 Å². The predicted octanol–water partition coefficient (Wildman–Crippen LogP) is 6.35. The molecule has 3 aliphatic rings. The fraction of sp³-hybridized carbons (Fsp3) is 0.519. The number of halogens is 6. The van der Waals surface area contributed by atoms with Crippen LogP contribution in [0.4, 0.5) is 38.0 Å². The summed E-state index contributed by atoms with van der Waals surface area (Å²) in [7, 11) is 0. The summed E-state index contributed by atoms with van der Waals surface area (Å²) in [6, 6.07) is 8.13. The lowest BCUT2D eigenvalue weighted by Crippen LogP contribution is -2.48. The van der Waals surface area contributed by atoms with Crippen LogP contribution in [0.15, 0.2) is 42.6 Å². The van der Waals surface area contributed by atoms with Crippen LogP contribution >= 0.6 is 0 Å². The molecule has 208 valence electrons. The summed E-state index contributed by atoms with van der Waals surface area (Å²) in [5, 5.41) is 8.24. The Hall–Kier alpha value is -3.31. The fourth-order valence-corrected chi connectivity index (χ4v) is 6.39. The molecule has 4 heterocycles. The van der Waals surface area contributed by atoms with Crippen molar-refractivity contribution in [3.63, 3.8) is 0 Å². The number of benzene rings is 1. The molecule has 1 saturated heterocycles. The van der Waals surface area contributed by atoms with Crippen LogP contribution < -0.4 is 10.2 Å². The van der Waals surface area contributed by atoms with Crippen LogP contribution in [0.2, 0.25) is 0 Å². The maximum atomic E-state index is 13.2. The van der Waals surface area contributed by atoms with Gasteiger partial charge >= 0.3 is 12.4 Å². The minimum atomic E-state index is -4.49. The number of aromatic nitrogens is 4. The SMILES string of the molecule is FC(F)(F)c1ccc(C2CCCCn3nc(NC4[C@@H]5CC[C@@H]4CN(c4ccnc(C(F)(F)F)c4)C5)nc32)cc1. The highest BCUT2D eigenvalue weighted by Crippen LogP contribution is 2.41. The second-order valence-corrected chi connectivity index (χ2v) is 10.8. The van der Waals surface area contributed by atoms with Gasteiger partial charge < -0.3 is 10.2 Å². The molecule has 39 heavy (non-hydrogen) atoms. The van der Waals surface area contributed by atoms with Gasteiger partial charge in [-0.2, -0.15) is 31.3 Å². The van der Waals surface area contributed by atoms with Crippen LogP contribution in [-0.4, -0.2) is 38.9 Å². The molecule has 0 spiro atoms. The van der Waals surface area contributed by atoms with Gasteiger partial charge in [-0.1, -0.05) is 18.6 Å². The first-order valence-electron chi connectivity index (χ1n) is 13.2. The molecule has 2 aliphatic heterocycles. The zero-order chi connectivity index (χ0) is 27.4. The maximum absolute atomic E-state index is 13.2. The topological polar surface area (TPSA) is 58.9 Å². The summed E-state index contributed by atoms with van der Waals surface area (Å²) in [4.78, 5) is 10.3. The van der Waals surface area contributed by atoms with Gasteiger partial charge in [0, 0.05) is 43.5 Å². The number of piperidine rings is 1. The van der Waals surface area contributed by atoms with Gasteiger partial charge in [-0.3, -0.25) is 4.98 Å². The summed E-state index contributed by atoms with van der Waals surface area (Å²) in [6.45, 7) is 1.93. The van der Waals surface area contributed by atoms with Crippen molar-refractivity contribution in [2.45, 2.75) is 63.0 Å². The molecule has 1 N–H and O–H groups in total. The average Bonchev–Trinajstić information content (AvgIpc) is 3.30. The normalized spacial score (nSPS) is 25.3. The molecular weight excluding hydrogens is 522 g/mol. The maximum Gasteiger partial charge on any atom is 0.433 e. The first kappa shape index (κ1) is 25.9. The van der Waals surface area contributed by atoms with Crippen molar-refractivity contribution < 1.29 is 26.3 Å². The molecule has 0 radical (unpaired) electrons. The Bertz CT molecular complexity index is 1300. The lowest BCUT2D eigenvalue weighted by molar-refractivity contribution is -0.141. The molecular formula is C27H28F6N6. The van der Waals surface area contributed by atoms with E-state index in [0.29, 0.717) is 31.3 Å². The Morgan fingerprint density at radius 1 is 0.846 bits per heavy atom. The number of pyridine rings is 1. The van der Waals surface area contributed by atoms with Crippen LogP contribution in [0.25, 0.3) is 0 Å². The van der Waals surface area contributed by atoms with Crippen molar-refractivity contribution in [3.05, 3.63) is 65.2 Å². The summed E-state index contributed by atoms with van der Waals surface area (Å²) in [6.07, 6.45) is -3.15. The number of anilines is 2. The number of hydrogen-bond acceptors (Lipinski definition) is 5. The van der Waals surface area contributed by atoms with Gasteiger partial charge in [0.2, 0.25) is 5.95 Å². The summed E-state index contributed by atoms with van der Waals surface area (Å²) in [5.74, 6) is 1.55. The third-order valence-electron chi connectivity index (χ3n) is 8.29. The number of nitrogens with zero attached hydrogens (tertiary/aromatic N) is 5. The van der Waals surface area contributed by atoms with Crippen molar-refractivity contribution in [2.75, 3.05) is 23.3 Å². The molecule has 1 saturated carbocycles. The van der Waals surface area contributed by atoms with E-state index in [0.717, 1.165) is 61.7 Å². The summed E-state index contributed by atoms with van der Waals surface area (Å²) in [5.41, 5.74) is -0.251. The largest absolute Gasteiger partial charge is 0.433 e. The van der Waals surface area contributed by atoms with Gasteiger partial charge in [0.1, 0.15) is 11.5 Å². The number of fused-ring (bicyclic) bond motifs is 3. The highest BCUT2D eigenvalue weighted by Gasteiger charge is 2.43. The zero-order valence-corrected chi connectivity index (χ0v) is 21.0. The standard InChI is InChI=1S/C27H28F6N6/c28-26(29,30)19-8-6-16(7-9-19)21-3-1-2-12-39-24(21)36-25(37-39)35-23-17-4-5-18(23)15-38(14-17)20-10-11-34-22(13-20)27(31,32)33/h6-11,13,17-18,21,23H,1-5,12,14-15H2,(H,35,37)/t17-,18-,21?/m1/s1. The van der Waals surface area contributed by atoms with Crippen LogP contribution in [0.1, 0.15) is 60.7 Å². The van der Waals surface area contributed by atoms with Gasteiger partial charge in [0.15, 0.2) is 0 Å². The molecule has 1 aliphatic carbocycles. The molecule has 6 nitrogen and oxygen atoms in total. The predicted molar refractivity (Wildman–Crippen MR) is 132 cm³/mol. The van der Waals surface area contributed by atoms with Crippen molar-refractivity contribution in [3.8, 4) is 0 Å². The number of rotatable bonds is 4. The van der Waals surface area contributed by atoms with E-state index in [1.807, 2.05) is 9.58 Å². The van der Waals surface area contributed by atoms with E-state index < -0.39 is 23.6 Å². The van der Waals surface area contributed by atoms with Crippen LogP contribution in [0.5, 0.6) is 0 Å². The smallest absolute Gasteiger partial charge is 0.371 e. The van der Waals surface area contributed by atoms with Gasteiger partial charge in [-0.25, -0.2) is 4.68 Å². The average molecular weight is 551 g/mol.